The van der Waals surface area contributed by atoms with E-state index in [1.165, 1.54) is 24.4 Å². The predicted molar refractivity (Wildman–Crippen MR) is 58.3 cm³/mol. The molecule has 4 nitrogen and oxygen atoms in total. The second-order valence-corrected chi connectivity index (χ2v) is 5.00. The van der Waals surface area contributed by atoms with E-state index in [4.69, 9.17) is 5.11 Å². The first-order valence-electron chi connectivity index (χ1n) is 6.00. The monoisotopic (exact) mass is 220 g/mol. The number of fused-ring (bicyclic) bond motifs is 1. The molecule has 1 fully saturated rings. The molecular formula is C12H16N2O2. The first kappa shape index (κ1) is 9.87. The molecule has 1 atom stereocenters. The van der Waals surface area contributed by atoms with Crippen LogP contribution in [0, 0.1) is 5.92 Å². The summed E-state index contributed by atoms with van der Waals surface area (Å²) in [5, 5.41) is 8.83. The van der Waals surface area contributed by atoms with E-state index in [1.807, 2.05) is 6.20 Å². The summed E-state index contributed by atoms with van der Waals surface area (Å²) in [6, 6.07) is 0. The van der Waals surface area contributed by atoms with Gasteiger partial charge in [0.1, 0.15) is 5.82 Å². The molecule has 1 saturated carbocycles. The zero-order valence-electron chi connectivity index (χ0n) is 9.22. The fraction of sp³-hybridized carbons (Fsp3) is 0.667. The number of hydrogen-bond acceptors (Lipinski definition) is 2. The van der Waals surface area contributed by atoms with Crippen molar-refractivity contribution >= 4 is 5.97 Å². The maximum atomic E-state index is 10.7. The number of carboxylic acid groups (broad SMARTS) is 1. The van der Waals surface area contributed by atoms with Crippen molar-refractivity contribution in [1.29, 1.82) is 0 Å². The molecule has 0 bridgehead atoms. The third kappa shape index (κ3) is 1.72. The summed E-state index contributed by atoms with van der Waals surface area (Å²) in [5.41, 5.74) is 1.29. The van der Waals surface area contributed by atoms with Gasteiger partial charge in [0.25, 0.3) is 0 Å². The Bertz CT molecular complexity index is 421. The summed E-state index contributed by atoms with van der Waals surface area (Å²) in [6.45, 7) is 0.855. The third-order valence-electron chi connectivity index (χ3n) is 3.62. The number of hydrogen-bond donors (Lipinski definition) is 1. The fourth-order valence-electron chi connectivity index (χ4n) is 2.62. The van der Waals surface area contributed by atoms with Crippen molar-refractivity contribution in [3.8, 4) is 0 Å². The van der Waals surface area contributed by atoms with Gasteiger partial charge < -0.3 is 9.67 Å². The van der Waals surface area contributed by atoms with Gasteiger partial charge in [-0.1, -0.05) is 0 Å². The predicted octanol–water partition coefficient (Wildman–Crippen LogP) is 1.80. The molecule has 2 aliphatic rings. The lowest BCUT2D eigenvalue weighted by atomic mass is 9.95. The smallest absolute Gasteiger partial charge is 0.303 e. The number of carbonyl (C=O) groups is 1. The molecule has 1 aromatic heterocycles. The highest BCUT2D eigenvalue weighted by Gasteiger charge is 2.31. The second-order valence-electron chi connectivity index (χ2n) is 5.00. The largest absolute Gasteiger partial charge is 0.481 e. The minimum atomic E-state index is -0.679. The molecule has 1 unspecified atom stereocenters. The maximum Gasteiger partial charge on any atom is 0.303 e. The van der Waals surface area contributed by atoms with E-state index in [-0.39, 0.29) is 5.92 Å². The van der Waals surface area contributed by atoms with E-state index in [9.17, 15) is 4.79 Å². The van der Waals surface area contributed by atoms with Crippen LogP contribution in [0.15, 0.2) is 6.20 Å². The lowest BCUT2D eigenvalue weighted by Crippen LogP contribution is -2.23. The van der Waals surface area contributed by atoms with E-state index in [2.05, 4.69) is 9.55 Å². The second kappa shape index (κ2) is 3.61. The van der Waals surface area contributed by atoms with Gasteiger partial charge in [-0.05, 0) is 31.6 Å². The van der Waals surface area contributed by atoms with Crippen LogP contribution in [0.2, 0.25) is 0 Å². The molecule has 4 heteroatoms. The van der Waals surface area contributed by atoms with Crippen LogP contribution in [0.5, 0.6) is 0 Å². The molecule has 2 heterocycles. The van der Waals surface area contributed by atoms with Crippen molar-refractivity contribution in [2.75, 3.05) is 0 Å². The molecule has 86 valence electrons. The molecular weight excluding hydrogens is 204 g/mol. The summed E-state index contributed by atoms with van der Waals surface area (Å²) in [7, 11) is 0. The number of rotatable bonds is 3. The van der Waals surface area contributed by atoms with Gasteiger partial charge in [-0.15, -0.1) is 0 Å². The van der Waals surface area contributed by atoms with Gasteiger partial charge in [-0.25, -0.2) is 4.98 Å². The van der Waals surface area contributed by atoms with Crippen LogP contribution in [-0.2, 0) is 17.8 Å². The molecule has 1 aromatic rings. The number of aromatic nitrogens is 2. The van der Waals surface area contributed by atoms with Crippen LogP contribution in [0.25, 0.3) is 0 Å². The zero-order valence-corrected chi connectivity index (χ0v) is 9.22. The molecule has 0 amide bonds. The van der Waals surface area contributed by atoms with Crippen molar-refractivity contribution in [2.24, 2.45) is 5.92 Å². The van der Waals surface area contributed by atoms with Gasteiger partial charge in [0.15, 0.2) is 0 Å². The number of aliphatic carboxylic acids is 1. The maximum absolute atomic E-state index is 10.7. The summed E-state index contributed by atoms with van der Waals surface area (Å²) < 4.78 is 2.27. The highest BCUT2D eigenvalue weighted by Crippen LogP contribution is 2.40. The first-order chi connectivity index (χ1) is 7.74. The molecule has 16 heavy (non-hydrogen) atoms. The highest BCUT2D eigenvalue weighted by molar-refractivity contribution is 5.67. The highest BCUT2D eigenvalue weighted by atomic mass is 16.4. The molecule has 0 radical (unpaired) electrons. The van der Waals surface area contributed by atoms with Gasteiger partial charge in [-0.2, -0.15) is 0 Å². The summed E-state index contributed by atoms with van der Waals surface area (Å²) >= 11 is 0. The lowest BCUT2D eigenvalue weighted by Gasteiger charge is -2.24. The van der Waals surface area contributed by atoms with Crippen molar-refractivity contribution < 1.29 is 9.90 Å². The van der Waals surface area contributed by atoms with Gasteiger partial charge in [0, 0.05) is 30.8 Å². The van der Waals surface area contributed by atoms with E-state index in [1.54, 1.807) is 0 Å². The van der Waals surface area contributed by atoms with Crippen molar-refractivity contribution in [3.05, 3.63) is 17.7 Å². The van der Waals surface area contributed by atoms with Crippen LogP contribution >= 0.6 is 0 Å². The average molecular weight is 220 g/mol. The van der Waals surface area contributed by atoms with Crippen molar-refractivity contribution in [1.82, 2.24) is 9.55 Å². The molecule has 0 spiro atoms. The topological polar surface area (TPSA) is 55.1 Å². The Labute approximate surface area is 94.3 Å². The molecule has 0 aromatic carbocycles. The summed E-state index contributed by atoms with van der Waals surface area (Å²) in [6.07, 6.45) is 6.74. The molecule has 1 aliphatic heterocycles. The van der Waals surface area contributed by atoms with E-state index in [0.717, 1.165) is 19.4 Å². The SMILES string of the molecule is O=C(O)CC1CCc2cnc(C3CC3)n2C1. The number of carboxylic acids is 1. The molecule has 1 aliphatic carbocycles. The quantitative estimate of drug-likeness (QED) is 0.845. The number of nitrogens with zero attached hydrogens (tertiary/aromatic N) is 2. The summed E-state index contributed by atoms with van der Waals surface area (Å²) in [5.74, 6) is 1.46. The Hall–Kier alpha value is -1.32. The Morgan fingerprint density at radius 3 is 3.00 bits per heavy atom. The molecule has 3 rings (SSSR count). The van der Waals surface area contributed by atoms with Gasteiger partial charge in [0.2, 0.25) is 0 Å². The Kier molecular flexibility index (Phi) is 2.23. The van der Waals surface area contributed by atoms with Crippen molar-refractivity contribution in [2.45, 2.75) is 44.6 Å². The molecule has 1 N–H and O–H groups in total. The molecule has 0 saturated heterocycles. The van der Waals surface area contributed by atoms with E-state index < -0.39 is 5.97 Å². The number of imidazole rings is 1. The van der Waals surface area contributed by atoms with Gasteiger partial charge in [-0.3, -0.25) is 4.79 Å². The van der Waals surface area contributed by atoms with E-state index in [0.29, 0.717) is 12.3 Å². The van der Waals surface area contributed by atoms with Crippen molar-refractivity contribution in [3.63, 3.8) is 0 Å². The Balaban J connectivity index is 1.80. The van der Waals surface area contributed by atoms with Gasteiger partial charge in [0.05, 0.1) is 0 Å². The average Bonchev–Trinajstić information content (AvgIpc) is 2.98. The summed E-state index contributed by atoms with van der Waals surface area (Å²) in [4.78, 5) is 15.2. The minimum absolute atomic E-state index is 0.289. The minimum Gasteiger partial charge on any atom is -0.481 e. The van der Waals surface area contributed by atoms with Crippen LogP contribution in [0.4, 0.5) is 0 Å². The van der Waals surface area contributed by atoms with E-state index >= 15 is 0 Å². The standard InChI is InChI=1S/C12H16N2O2/c15-11(16)5-8-1-4-10-6-13-12(9-2-3-9)14(10)7-8/h6,8-9H,1-5,7H2,(H,15,16). The van der Waals surface area contributed by atoms with Crippen LogP contribution < -0.4 is 0 Å². The third-order valence-corrected chi connectivity index (χ3v) is 3.62. The number of aryl methyl sites for hydroxylation is 1. The van der Waals surface area contributed by atoms with Crippen LogP contribution in [0.3, 0.4) is 0 Å². The van der Waals surface area contributed by atoms with Crippen LogP contribution in [0.1, 0.15) is 43.1 Å². The van der Waals surface area contributed by atoms with Gasteiger partial charge >= 0.3 is 5.97 Å². The normalized spacial score (nSPS) is 24.1. The Morgan fingerprint density at radius 2 is 2.31 bits per heavy atom. The lowest BCUT2D eigenvalue weighted by molar-refractivity contribution is -0.138. The zero-order chi connectivity index (χ0) is 11.1. The Morgan fingerprint density at radius 1 is 1.50 bits per heavy atom. The first-order valence-corrected chi connectivity index (χ1v) is 6.00. The fourth-order valence-corrected chi connectivity index (χ4v) is 2.62. The van der Waals surface area contributed by atoms with Crippen LogP contribution in [-0.4, -0.2) is 20.6 Å².